The minimum absolute atomic E-state index is 0.214. The molecule has 2 amide bonds. The molecule has 27 heavy (non-hydrogen) atoms. The lowest BCUT2D eigenvalue weighted by atomic mass is 10.0. The van der Waals surface area contributed by atoms with E-state index in [9.17, 15) is 9.59 Å². The van der Waals surface area contributed by atoms with Crippen molar-refractivity contribution in [1.29, 1.82) is 0 Å². The van der Waals surface area contributed by atoms with E-state index < -0.39 is 0 Å². The molecule has 7 nitrogen and oxygen atoms in total. The number of aromatic nitrogens is 2. The highest BCUT2D eigenvalue weighted by atomic mass is 16.5. The molecular formula is C20H18N4O3. The highest BCUT2D eigenvalue weighted by Crippen LogP contribution is 2.27. The largest absolute Gasteiger partial charge is 0.360 e. The van der Waals surface area contributed by atoms with Crippen LogP contribution in [0, 0.1) is 6.92 Å². The molecule has 0 saturated heterocycles. The lowest BCUT2D eigenvalue weighted by molar-refractivity contribution is 0.0980. The van der Waals surface area contributed by atoms with Crippen molar-refractivity contribution in [2.24, 2.45) is 0 Å². The Bertz CT molecular complexity index is 1010. The number of carbonyl (C=O) groups is 2. The topological polar surface area (TPSA) is 88.3 Å². The predicted molar refractivity (Wildman–Crippen MR) is 99.9 cm³/mol. The van der Waals surface area contributed by atoms with Crippen molar-refractivity contribution in [2.75, 3.05) is 16.8 Å². The monoisotopic (exact) mass is 362 g/mol. The van der Waals surface area contributed by atoms with Crippen LogP contribution in [0.25, 0.3) is 0 Å². The number of benzene rings is 1. The molecule has 0 unspecified atom stereocenters. The van der Waals surface area contributed by atoms with Crippen LogP contribution >= 0.6 is 0 Å². The molecule has 0 bridgehead atoms. The van der Waals surface area contributed by atoms with Crippen LogP contribution in [0.4, 0.5) is 11.5 Å². The van der Waals surface area contributed by atoms with Crippen molar-refractivity contribution in [3.8, 4) is 0 Å². The van der Waals surface area contributed by atoms with Gasteiger partial charge in [0.25, 0.3) is 11.8 Å². The van der Waals surface area contributed by atoms with Crippen molar-refractivity contribution < 1.29 is 14.1 Å². The normalized spacial score (nSPS) is 13.1. The maximum absolute atomic E-state index is 13.0. The molecule has 1 aliphatic heterocycles. The number of hydrogen-bond donors (Lipinski definition) is 1. The summed E-state index contributed by atoms with van der Waals surface area (Å²) >= 11 is 0. The molecule has 136 valence electrons. The van der Waals surface area contributed by atoms with Crippen molar-refractivity contribution in [1.82, 2.24) is 10.1 Å². The molecule has 0 spiro atoms. The summed E-state index contributed by atoms with van der Waals surface area (Å²) in [6, 6.07) is 12.5. The van der Waals surface area contributed by atoms with Crippen LogP contribution < -0.4 is 10.2 Å². The molecule has 1 N–H and O–H groups in total. The van der Waals surface area contributed by atoms with E-state index in [1.165, 1.54) is 12.3 Å². The maximum Gasteiger partial charge on any atom is 0.276 e. The van der Waals surface area contributed by atoms with Crippen LogP contribution in [0.5, 0.6) is 0 Å². The van der Waals surface area contributed by atoms with Crippen molar-refractivity contribution in [3.63, 3.8) is 0 Å². The molecule has 0 radical (unpaired) electrons. The summed E-state index contributed by atoms with van der Waals surface area (Å²) in [4.78, 5) is 31.3. The molecule has 0 aliphatic carbocycles. The van der Waals surface area contributed by atoms with Crippen LogP contribution in [0.3, 0.4) is 0 Å². The van der Waals surface area contributed by atoms with Gasteiger partial charge in [0.15, 0.2) is 5.82 Å². The Kier molecular flexibility index (Phi) is 4.42. The summed E-state index contributed by atoms with van der Waals surface area (Å²) in [5.41, 5.74) is 2.62. The van der Waals surface area contributed by atoms with Gasteiger partial charge >= 0.3 is 0 Å². The SMILES string of the molecule is Cc1cc(NC(=O)c2ccnc(C(=O)N3CCCc4ccccc43)c2)no1. The number of fused-ring (bicyclic) bond motifs is 1. The molecule has 0 atom stereocenters. The molecule has 1 aliphatic rings. The predicted octanol–water partition coefficient (Wildman–Crippen LogP) is 3.22. The summed E-state index contributed by atoms with van der Waals surface area (Å²) in [7, 11) is 0. The Morgan fingerprint density at radius 2 is 2.04 bits per heavy atom. The van der Waals surface area contributed by atoms with Crippen molar-refractivity contribution in [2.45, 2.75) is 19.8 Å². The third-order valence-corrected chi connectivity index (χ3v) is 4.47. The number of para-hydroxylation sites is 1. The minimum Gasteiger partial charge on any atom is -0.360 e. The number of amides is 2. The highest BCUT2D eigenvalue weighted by molar-refractivity contribution is 6.08. The second-order valence-electron chi connectivity index (χ2n) is 6.40. The number of anilines is 2. The number of rotatable bonds is 3. The van der Waals surface area contributed by atoms with E-state index in [1.54, 1.807) is 24.0 Å². The molecular weight excluding hydrogens is 344 g/mol. The van der Waals surface area contributed by atoms with E-state index in [2.05, 4.69) is 15.5 Å². The van der Waals surface area contributed by atoms with Crippen LogP contribution in [0.1, 0.15) is 38.6 Å². The summed E-state index contributed by atoms with van der Waals surface area (Å²) in [6.07, 6.45) is 3.31. The summed E-state index contributed by atoms with van der Waals surface area (Å²) in [5, 5.41) is 6.38. The number of aryl methyl sites for hydroxylation is 2. The third-order valence-electron chi connectivity index (χ3n) is 4.47. The average Bonchev–Trinajstić information content (AvgIpc) is 3.11. The van der Waals surface area contributed by atoms with Crippen LogP contribution in [-0.2, 0) is 6.42 Å². The molecule has 1 aromatic carbocycles. The Labute approximate surface area is 156 Å². The van der Waals surface area contributed by atoms with E-state index in [0.29, 0.717) is 23.7 Å². The Balaban J connectivity index is 1.57. The van der Waals surface area contributed by atoms with Gasteiger partial charge < -0.3 is 14.7 Å². The Morgan fingerprint density at radius 3 is 2.85 bits per heavy atom. The third kappa shape index (κ3) is 3.44. The Morgan fingerprint density at radius 1 is 1.19 bits per heavy atom. The first kappa shape index (κ1) is 17.0. The van der Waals surface area contributed by atoms with E-state index in [-0.39, 0.29) is 17.5 Å². The van der Waals surface area contributed by atoms with Crippen molar-refractivity contribution >= 4 is 23.3 Å². The van der Waals surface area contributed by atoms with Gasteiger partial charge in [0.1, 0.15) is 11.5 Å². The van der Waals surface area contributed by atoms with E-state index in [4.69, 9.17) is 4.52 Å². The quantitative estimate of drug-likeness (QED) is 0.773. The molecule has 3 heterocycles. The first-order valence-electron chi connectivity index (χ1n) is 8.72. The van der Waals surface area contributed by atoms with E-state index in [1.807, 2.05) is 24.3 Å². The Hall–Kier alpha value is -3.48. The zero-order valence-corrected chi connectivity index (χ0v) is 14.8. The van der Waals surface area contributed by atoms with Gasteiger partial charge in [-0.15, -0.1) is 0 Å². The molecule has 0 fully saturated rings. The number of nitrogens with one attached hydrogen (secondary N) is 1. The first-order chi connectivity index (χ1) is 13.1. The van der Waals surface area contributed by atoms with Crippen LogP contribution in [-0.4, -0.2) is 28.5 Å². The number of pyridine rings is 1. The first-order valence-corrected chi connectivity index (χ1v) is 8.72. The maximum atomic E-state index is 13.0. The highest BCUT2D eigenvalue weighted by Gasteiger charge is 2.24. The summed E-state index contributed by atoms with van der Waals surface area (Å²) in [6.45, 7) is 2.37. The number of nitrogens with zero attached hydrogens (tertiary/aromatic N) is 3. The molecule has 2 aromatic heterocycles. The van der Waals surface area contributed by atoms with Gasteiger partial charge in [-0.05, 0) is 43.5 Å². The van der Waals surface area contributed by atoms with Gasteiger partial charge in [0.05, 0.1) is 0 Å². The van der Waals surface area contributed by atoms with Gasteiger partial charge in [0.2, 0.25) is 0 Å². The fourth-order valence-electron chi connectivity index (χ4n) is 3.19. The standard InChI is InChI=1S/C20H18N4O3/c1-13-11-18(23-27-13)22-19(25)15-8-9-21-16(12-15)20(26)24-10-4-6-14-5-2-3-7-17(14)24/h2-3,5,7-9,11-12H,4,6,10H2,1H3,(H,22,23,25). The average molecular weight is 362 g/mol. The van der Waals surface area contributed by atoms with Crippen molar-refractivity contribution in [3.05, 3.63) is 71.2 Å². The zero-order valence-electron chi connectivity index (χ0n) is 14.8. The fourth-order valence-corrected chi connectivity index (χ4v) is 3.19. The molecule has 4 rings (SSSR count). The van der Waals surface area contributed by atoms with Crippen LogP contribution in [0.2, 0.25) is 0 Å². The number of carbonyl (C=O) groups excluding carboxylic acids is 2. The van der Waals surface area contributed by atoms with E-state index in [0.717, 1.165) is 24.1 Å². The van der Waals surface area contributed by atoms with Gasteiger partial charge in [-0.25, -0.2) is 0 Å². The lowest BCUT2D eigenvalue weighted by Crippen LogP contribution is -2.36. The number of hydrogen-bond acceptors (Lipinski definition) is 5. The summed E-state index contributed by atoms with van der Waals surface area (Å²) in [5.74, 6) is 0.333. The minimum atomic E-state index is -0.376. The second-order valence-corrected chi connectivity index (χ2v) is 6.40. The fraction of sp³-hybridized carbons (Fsp3) is 0.200. The zero-order chi connectivity index (χ0) is 18.8. The lowest BCUT2D eigenvalue weighted by Gasteiger charge is -2.29. The molecule has 0 saturated carbocycles. The van der Waals surface area contributed by atoms with Gasteiger partial charge in [-0.1, -0.05) is 23.4 Å². The second kappa shape index (κ2) is 7.03. The summed E-state index contributed by atoms with van der Waals surface area (Å²) < 4.78 is 4.94. The van der Waals surface area contributed by atoms with Gasteiger partial charge in [-0.2, -0.15) is 0 Å². The van der Waals surface area contributed by atoms with Gasteiger partial charge in [-0.3, -0.25) is 14.6 Å². The molecule has 7 heteroatoms. The van der Waals surface area contributed by atoms with Gasteiger partial charge in [0, 0.05) is 30.1 Å². The van der Waals surface area contributed by atoms with Crippen LogP contribution in [0.15, 0.2) is 53.2 Å². The molecule has 3 aromatic rings. The van der Waals surface area contributed by atoms with E-state index >= 15 is 0 Å². The smallest absolute Gasteiger partial charge is 0.276 e.